The van der Waals surface area contributed by atoms with Crippen molar-refractivity contribution < 1.29 is 18.7 Å². The van der Waals surface area contributed by atoms with Crippen LogP contribution < -0.4 is 20.1 Å². The first-order valence-electron chi connectivity index (χ1n) is 9.19. The lowest BCUT2D eigenvalue weighted by atomic mass is 10.2. The molecule has 4 rings (SSSR count). The van der Waals surface area contributed by atoms with Crippen LogP contribution in [0.5, 0.6) is 11.5 Å². The van der Waals surface area contributed by atoms with Crippen molar-refractivity contribution in [1.82, 2.24) is 10.2 Å². The number of rotatable bonds is 6. The van der Waals surface area contributed by atoms with E-state index >= 15 is 0 Å². The predicted molar refractivity (Wildman–Crippen MR) is 112 cm³/mol. The van der Waals surface area contributed by atoms with Crippen LogP contribution in [0.4, 0.5) is 20.7 Å². The Labute approximate surface area is 171 Å². The molecular weight excluding hydrogens is 387 g/mol. The zero-order chi connectivity index (χ0) is 20.9. The van der Waals surface area contributed by atoms with Gasteiger partial charge in [-0.15, -0.1) is 0 Å². The second-order valence-electron chi connectivity index (χ2n) is 6.47. The summed E-state index contributed by atoms with van der Waals surface area (Å²) in [6.45, 7) is 0.0940. The molecule has 1 aromatic heterocycles. The third kappa shape index (κ3) is 4.33. The number of hydrogen-bond donors (Lipinski definition) is 3. The fraction of sp³-hybridized carbons (Fsp3) is 0.0909. The first-order valence-corrected chi connectivity index (χ1v) is 9.19. The average Bonchev–Trinajstić information content (AvgIpc) is 3.15. The number of ether oxygens (including phenoxy) is 2. The number of carbonyl (C=O) groups excluding carboxylic acids is 1. The summed E-state index contributed by atoms with van der Waals surface area (Å²) in [4.78, 5) is 12.3. The standard InChI is InChI=1S/C22H19FN4O3/c1-29-16-8-6-15(7-9-16)24-22(28)25-21-18-12-17(10-11-20(18)26-27-21)30-13-14-4-2-3-5-19(14)23/h2-12H,13H2,1H3,(H3,24,25,26,27,28). The zero-order valence-electron chi connectivity index (χ0n) is 16.1. The van der Waals surface area contributed by atoms with Gasteiger partial charge < -0.3 is 14.8 Å². The van der Waals surface area contributed by atoms with Crippen molar-refractivity contribution >= 4 is 28.4 Å². The number of amides is 2. The van der Waals surface area contributed by atoms with E-state index in [4.69, 9.17) is 9.47 Å². The highest BCUT2D eigenvalue weighted by Crippen LogP contribution is 2.26. The average molecular weight is 406 g/mol. The molecule has 3 aromatic carbocycles. The van der Waals surface area contributed by atoms with Crippen molar-refractivity contribution in [3.8, 4) is 11.5 Å². The summed E-state index contributed by atoms with van der Waals surface area (Å²) in [6, 6.07) is 18.2. The summed E-state index contributed by atoms with van der Waals surface area (Å²) < 4.78 is 24.6. The van der Waals surface area contributed by atoms with E-state index in [0.29, 0.717) is 34.0 Å². The maximum Gasteiger partial charge on any atom is 0.324 e. The second kappa shape index (κ2) is 8.52. The molecule has 152 valence electrons. The Bertz CT molecular complexity index is 1170. The maximum atomic E-state index is 13.8. The fourth-order valence-corrected chi connectivity index (χ4v) is 2.90. The monoisotopic (exact) mass is 406 g/mol. The highest BCUT2D eigenvalue weighted by Gasteiger charge is 2.11. The van der Waals surface area contributed by atoms with Crippen molar-refractivity contribution in [2.45, 2.75) is 6.61 Å². The normalized spacial score (nSPS) is 10.6. The van der Waals surface area contributed by atoms with E-state index in [-0.39, 0.29) is 12.4 Å². The second-order valence-corrected chi connectivity index (χ2v) is 6.47. The lowest BCUT2D eigenvalue weighted by molar-refractivity contribution is 0.262. The minimum atomic E-state index is -0.439. The van der Waals surface area contributed by atoms with Crippen LogP contribution in [0.2, 0.25) is 0 Å². The summed E-state index contributed by atoms with van der Waals surface area (Å²) in [6.07, 6.45) is 0. The van der Waals surface area contributed by atoms with Gasteiger partial charge >= 0.3 is 6.03 Å². The quantitative estimate of drug-likeness (QED) is 0.423. The van der Waals surface area contributed by atoms with Gasteiger partial charge in [0.1, 0.15) is 23.9 Å². The predicted octanol–water partition coefficient (Wildman–Crippen LogP) is 4.93. The van der Waals surface area contributed by atoms with Crippen LogP contribution in [0.25, 0.3) is 10.9 Å². The number of nitrogens with one attached hydrogen (secondary N) is 3. The Morgan fingerprint density at radius 3 is 2.57 bits per heavy atom. The molecule has 30 heavy (non-hydrogen) atoms. The summed E-state index contributed by atoms with van der Waals surface area (Å²) in [5.41, 5.74) is 1.80. The molecular formula is C22H19FN4O3. The van der Waals surface area contributed by atoms with Crippen molar-refractivity contribution in [2.75, 3.05) is 17.7 Å². The Morgan fingerprint density at radius 1 is 1.03 bits per heavy atom. The van der Waals surface area contributed by atoms with Crippen molar-refractivity contribution in [3.63, 3.8) is 0 Å². The van der Waals surface area contributed by atoms with Crippen molar-refractivity contribution in [1.29, 1.82) is 0 Å². The molecule has 0 spiro atoms. The van der Waals surface area contributed by atoms with Gasteiger partial charge in [-0.05, 0) is 48.5 Å². The van der Waals surface area contributed by atoms with Gasteiger partial charge in [0.05, 0.1) is 12.6 Å². The van der Waals surface area contributed by atoms with Gasteiger partial charge in [0.2, 0.25) is 0 Å². The van der Waals surface area contributed by atoms with E-state index in [2.05, 4.69) is 20.8 Å². The van der Waals surface area contributed by atoms with Gasteiger partial charge in [-0.2, -0.15) is 5.10 Å². The van der Waals surface area contributed by atoms with E-state index in [1.165, 1.54) is 6.07 Å². The number of carbonyl (C=O) groups is 1. The molecule has 0 fully saturated rings. The van der Waals surface area contributed by atoms with Crippen LogP contribution in [0.3, 0.4) is 0 Å². The first-order chi connectivity index (χ1) is 14.6. The van der Waals surface area contributed by atoms with Crippen LogP contribution in [-0.4, -0.2) is 23.3 Å². The molecule has 0 unspecified atom stereocenters. The number of benzene rings is 3. The number of nitrogens with zero attached hydrogens (tertiary/aromatic N) is 1. The van der Waals surface area contributed by atoms with Crippen molar-refractivity contribution in [3.05, 3.63) is 78.1 Å². The molecule has 0 bridgehead atoms. The number of methoxy groups -OCH3 is 1. The third-order valence-corrected chi connectivity index (χ3v) is 4.47. The van der Waals surface area contributed by atoms with Crippen LogP contribution in [-0.2, 0) is 6.61 Å². The minimum absolute atomic E-state index is 0.0940. The summed E-state index contributed by atoms with van der Waals surface area (Å²) in [5.74, 6) is 1.26. The van der Waals surface area contributed by atoms with Gasteiger partial charge in [0.25, 0.3) is 0 Å². The molecule has 8 heteroatoms. The van der Waals surface area contributed by atoms with E-state index in [1.54, 1.807) is 67.8 Å². The van der Waals surface area contributed by atoms with Gasteiger partial charge in [0, 0.05) is 16.6 Å². The number of aromatic nitrogens is 2. The smallest absolute Gasteiger partial charge is 0.324 e. The SMILES string of the molecule is COc1ccc(NC(=O)Nc2n[nH]c3ccc(OCc4ccccc4F)cc23)cc1. The number of fused-ring (bicyclic) bond motifs is 1. The van der Waals surface area contributed by atoms with Gasteiger partial charge in [-0.3, -0.25) is 10.4 Å². The Hall–Kier alpha value is -4.07. The topological polar surface area (TPSA) is 88.3 Å². The molecule has 0 atom stereocenters. The Morgan fingerprint density at radius 2 is 1.80 bits per heavy atom. The van der Waals surface area contributed by atoms with E-state index < -0.39 is 6.03 Å². The number of anilines is 2. The number of halogens is 1. The highest BCUT2D eigenvalue weighted by molar-refractivity contribution is 6.04. The number of hydrogen-bond acceptors (Lipinski definition) is 4. The number of aromatic amines is 1. The summed E-state index contributed by atoms with van der Waals surface area (Å²) in [5, 5.41) is 13.1. The van der Waals surface area contributed by atoms with Gasteiger partial charge in [-0.1, -0.05) is 18.2 Å². The summed E-state index contributed by atoms with van der Waals surface area (Å²) in [7, 11) is 1.58. The van der Waals surface area contributed by atoms with E-state index in [1.807, 2.05) is 0 Å². The largest absolute Gasteiger partial charge is 0.497 e. The van der Waals surface area contributed by atoms with E-state index in [9.17, 15) is 9.18 Å². The molecule has 0 saturated carbocycles. The lowest BCUT2D eigenvalue weighted by Gasteiger charge is -2.08. The van der Waals surface area contributed by atoms with Crippen LogP contribution in [0.1, 0.15) is 5.56 Å². The maximum absolute atomic E-state index is 13.8. The minimum Gasteiger partial charge on any atom is -0.497 e. The molecule has 2 amide bonds. The third-order valence-electron chi connectivity index (χ3n) is 4.47. The molecule has 3 N–H and O–H groups in total. The fourth-order valence-electron chi connectivity index (χ4n) is 2.90. The Kier molecular flexibility index (Phi) is 5.47. The summed E-state index contributed by atoms with van der Waals surface area (Å²) >= 11 is 0. The molecule has 0 aliphatic rings. The van der Waals surface area contributed by atoms with Crippen LogP contribution in [0.15, 0.2) is 66.7 Å². The molecule has 4 aromatic rings. The van der Waals surface area contributed by atoms with Gasteiger partial charge in [0.15, 0.2) is 5.82 Å². The number of H-pyrrole nitrogens is 1. The molecule has 0 radical (unpaired) electrons. The van der Waals surface area contributed by atoms with Gasteiger partial charge in [-0.25, -0.2) is 9.18 Å². The molecule has 0 aliphatic heterocycles. The lowest BCUT2D eigenvalue weighted by Crippen LogP contribution is -2.19. The zero-order valence-corrected chi connectivity index (χ0v) is 16.1. The highest BCUT2D eigenvalue weighted by atomic mass is 19.1. The molecule has 0 aliphatic carbocycles. The first kappa shape index (κ1) is 19.3. The van der Waals surface area contributed by atoms with E-state index in [0.717, 1.165) is 5.52 Å². The van der Waals surface area contributed by atoms with Crippen LogP contribution in [0, 0.1) is 5.82 Å². The number of urea groups is 1. The van der Waals surface area contributed by atoms with Crippen LogP contribution >= 0.6 is 0 Å². The molecule has 7 nitrogen and oxygen atoms in total. The Balaban J connectivity index is 1.45. The molecule has 0 saturated heterocycles. The molecule has 1 heterocycles. The van der Waals surface area contributed by atoms with Crippen molar-refractivity contribution in [2.24, 2.45) is 0 Å².